The van der Waals surface area contributed by atoms with Gasteiger partial charge in [0.1, 0.15) is 0 Å². The van der Waals surface area contributed by atoms with Crippen molar-refractivity contribution >= 4 is 5.69 Å². The maximum atomic E-state index is 5.99. The first-order valence-electron chi connectivity index (χ1n) is 4.12. The highest BCUT2D eigenvalue weighted by Gasteiger charge is 2.16. The summed E-state index contributed by atoms with van der Waals surface area (Å²) in [6.07, 6.45) is 0. The Bertz CT molecular complexity index is 261. The highest BCUT2D eigenvalue weighted by molar-refractivity contribution is 5.53. The second-order valence-electron chi connectivity index (χ2n) is 3.52. The summed E-state index contributed by atoms with van der Waals surface area (Å²) in [5.41, 5.74) is 7.96. The van der Waals surface area contributed by atoms with Gasteiger partial charge in [-0.05, 0) is 25.5 Å². The lowest BCUT2D eigenvalue weighted by molar-refractivity contribution is 0.556. The molecule has 2 nitrogen and oxygen atoms in total. The summed E-state index contributed by atoms with van der Waals surface area (Å²) in [6.45, 7) is 4.01. The Balaban J connectivity index is 3.14. The molecule has 0 aliphatic heterocycles. The highest BCUT2D eigenvalue weighted by Crippen LogP contribution is 2.24. The van der Waals surface area contributed by atoms with E-state index < -0.39 is 0 Å². The first-order chi connectivity index (χ1) is 5.55. The zero-order chi connectivity index (χ0) is 9.19. The number of para-hydroxylation sites is 1. The van der Waals surface area contributed by atoms with E-state index in [2.05, 4.69) is 5.32 Å². The molecule has 0 saturated carbocycles. The van der Waals surface area contributed by atoms with Crippen LogP contribution in [0.1, 0.15) is 19.4 Å². The average molecular weight is 164 g/mol. The molecule has 0 aliphatic carbocycles. The molecule has 0 amide bonds. The van der Waals surface area contributed by atoms with Crippen LogP contribution in [0.3, 0.4) is 0 Å². The minimum atomic E-state index is -0.278. The van der Waals surface area contributed by atoms with E-state index in [0.29, 0.717) is 0 Å². The number of benzene rings is 1. The maximum Gasteiger partial charge on any atom is 0.0388 e. The van der Waals surface area contributed by atoms with E-state index in [1.165, 1.54) is 0 Å². The largest absolute Gasteiger partial charge is 0.388 e. The number of hydrogen-bond donors (Lipinski definition) is 2. The van der Waals surface area contributed by atoms with Crippen LogP contribution in [0.4, 0.5) is 5.69 Å². The van der Waals surface area contributed by atoms with Crippen LogP contribution >= 0.6 is 0 Å². The molecule has 2 heteroatoms. The molecule has 0 fully saturated rings. The number of anilines is 1. The van der Waals surface area contributed by atoms with Crippen molar-refractivity contribution in [1.29, 1.82) is 0 Å². The van der Waals surface area contributed by atoms with Gasteiger partial charge in [0.15, 0.2) is 0 Å². The fraction of sp³-hybridized carbons (Fsp3) is 0.400. The van der Waals surface area contributed by atoms with Crippen molar-refractivity contribution in [2.24, 2.45) is 5.73 Å². The molecule has 66 valence electrons. The van der Waals surface area contributed by atoms with Crippen molar-refractivity contribution in [3.8, 4) is 0 Å². The zero-order valence-electron chi connectivity index (χ0n) is 7.89. The van der Waals surface area contributed by atoms with Crippen molar-refractivity contribution in [3.63, 3.8) is 0 Å². The summed E-state index contributed by atoms with van der Waals surface area (Å²) in [7, 11) is 1.91. The van der Waals surface area contributed by atoms with E-state index in [4.69, 9.17) is 5.73 Å². The quantitative estimate of drug-likeness (QED) is 0.701. The van der Waals surface area contributed by atoms with Crippen LogP contribution in [-0.2, 0) is 5.54 Å². The maximum absolute atomic E-state index is 5.99. The number of nitrogens with one attached hydrogen (secondary N) is 1. The van der Waals surface area contributed by atoms with Gasteiger partial charge < -0.3 is 11.1 Å². The summed E-state index contributed by atoms with van der Waals surface area (Å²) in [4.78, 5) is 0. The van der Waals surface area contributed by atoms with Gasteiger partial charge in [-0.15, -0.1) is 0 Å². The minimum Gasteiger partial charge on any atom is -0.388 e. The van der Waals surface area contributed by atoms with Gasteiger partial charge in [-0.1, -0.05) is 18.2 Å². The Kier molecular flexibility index (Phi) is 2.38. The summed E-state index contributed by atoms with van der Waals surface area (Å²) in [5.74, 6) is 0. The molecule has 1 aromatic carbocycles. The molecule has 0 spiro atoms. The van der Waals surface area contributed by atoms with Crippen molar-refractivity contribution < 1.29 is 0 Å². The van der Waals surface area contributed by atoms with Crippen molar-refractivity contribution in [2.45, 2.75) is 19.4 Å². The summed E-state index contributed by atoms with van der Waals surface area (Å²) < 4.78 is 0. The lowest BCUT2D eigenvalue weighted by Crippen LogP contribution is -2.29. The molecular formula is C10H16N2. The van der Waals surface area contributed by atoms with Crippen molar-refractivity contribution in [1.82, 2.24) is 0 Å². The number of nitrogens with two attached hydrogens (primary N) is 1. The van der Waals surface area contributed by atoms with Gasteiger partial charge in [-0.25, -0.2) is 0 Å². The predicted octanol–water partition coefficient (Wildman–Crippen LogP) is 1.92. The molecule has 0 atom stereocenters. The van der Waals surface area contributed by atoms with Crippen LogP contribution < -0.4 is 11.1 Å². The molecule has 0 heterocycles. The molecule has 0 radical (unpaired) electrons. The van der Waals surface area contributed by atoms with Gasteiger partial charge in [-0.3, -0.25) is 0 Å². The predicted molar refractivity (Wildman–Crippen MR) is 53.2 cm³/mol. The smallest absolute Gasteiger partial charge is 0.0388 e. The first kappa shape index (κ1) is 9.07. The highest BCUT2D eigenvalue weighted by atomic mass is 14.8. The molecule has 1 rings (SSSR count). The third-order valence-corrected chi connectivity index (χ3v) is 1.89. The minimum absolute atomic E-state index is 0.278. The van der Waals surface area contributed by atoms with Crippen molar-refractivity contribution in [2.75, 3.05) is 12.4 Å². The topological polar surface area (TPSA) is 38.0 Å². The second-order valence-corrected chi connectivity index (χ2v) is 3.52. The third-order valence-electron chi connectivity index (χ3n) is 1.89. The van der Waals surface area contributed by atoms with Gasteiger partial charge in [0.2, 0.25) is 0 Å². The van der Waals surface area contributed by atoms with Crippen LogP contribution in [0.2, 0.25) is 0 Å². The van der Waals surface area contributed by atoms with Gasteiger partial charge in [0, 0.05) is 18.3 Å². The van der Waals surface area contributed by atoms with Crippen LogP contribution in [0.25, 0.3) is 0 Å². The normalized spacial score (nSPS) is 11.3. The Hall–Kier alpha value is -1.02. The van der Waals surface area contributed by atoms with Crippen LogP contribution in [0.5, 0.6) is 0 Å². The van der Waals surface area contributed by atoms with Crippen LogP contribution in [0, 0.1) is 0 Å². The zero-order valence-corrected chi connectivity index (χ0v) is 7.89. The van der Waals surface area contributed by atoms with Gasteiger partial charge in [0.05, 0.1) is 0 Å². The molecule has 12 heavy (non-hydrogen) atoms. The molecule has 0 unspecified atom stereocenters. The summed E-state index contributed by atoms with van der Waals surface area (Å²) in [5, 5.41) is 3.12. The Morgan fingerprint density at radius 3 is 2.25 bits per heavy atom. The fourth-order valence-electron chi connectivity index (χ4n) is 1.26. The molecule has 0 aromatic heterocycles. The molecule has 3 N–H and O–H groups in total. The fourth-order valence-corrected chi connectivity index (χ4v) is 1.26. The molecule has 0 saturated heterocycles. The summed E-state index contributed by atoms with van der Waals surface area (Å²) in [6, 6.07) is 8.08. The molecular weight excluding hydrogens is 148 g/mol. The first-order valence-corrected chi connectivity index (χ1v) is 4.12. The van der Waals surface area contributed by atoms with E-state index >= 15 is 0 Å². The lowest BCUT2D eigenvalue weighted by atomic mass is 9.94. The number of rotatable bonds is 2. The Morgan fingerprint density at radius 1 is 1.25 bits per heavy atom. The van der Waals surface area contributed by atoms with Gasteiger partial charge >= 0.3 is 0 Å². The third kappa shape index (κ3) is 1.77. The van der Waals surface area contributed by atoms with E-state index in [0.717, 1.165) is 11.3 Å². The second kappa shape index (κ2) is 3.15. The van der Waals surface area contributed by atoms with Gasteiger partial charge in [-0.2, -0.15) is 0 Å². The molecule has 1 aromatic rings. The van der Waals surface area contributed by atoms with Crippen LogP contribution in [0.15, 0.2) is 24.3 Å². The Labute approximate surface area is 73.8 Å². The summed E-state index contributed by atoms with van der Waals surface area (Å²) >= 11 is 0. The standard InChI is InChI=1S/C10H16N2/c1-10(2,11)8-6-4-5-7-9(8)12-3/h4-7,12H,11H2,1-3H3. The molecule has 0 aliphatic rings. The lowest BCUT2D eigenvalue weighted by Gasteiger charge is -2.22. The molecule has 0 bridgehead atoms. The van der Waals surface area contributed by atoms with E-state index in [1.807, 2.05) is 45.2 Å². The SMILES string of the molecule is CNc1ccccc1C(C)(C)N. The Morgan fingerprint density at radius 2 is 1.83 bits per heavy atom. The van der Waals surface area contributed by atoms with E-state index in [1.54, 1.807) is 0 Å². The number of hydrogen-bond acceptors (Lipinski definition) is 2. The van der Waals surface area contributed by atoms with Crippen molar-refractivity contribution in [3.05, 3.63) is 29.8 Å². The van der Waals surface area contributed by atoms with E-state index in [-0.39, 0.29) is 5.54 Å². The monoisotopic (exact) mass is 164 g/mol. The average Bonchev–Trinajstić information content (AvgIpc) is 2.03. The van der Waals surface area contributed by atoms with E-state index in [9.17, 15) is 0 Å². The van der Waals surface area contributed by atoms with Crippen LogP contribution in [-0.4, -0.2) is 7.05 Å². The van der Waals surface area contributed by atoms with Gasteiger partial charge in [0.25, 0.3) is 0 Å².